The number of amides is 1. The normalized spacial score (nSPS) is 19.8. The van der Waals surface area contributed by atoms with Crippen LogP contribution < -0.4 is 4.90 Å². The number of aliphatic carboxylic acids is 1. The van der Waals surface area contributed by atoms with Gasteiger partial charge in [0.25, 0.3) is 0 Å². The Bertz CT molecular complexity index is 472. The summed E-state index contributed by atoms with van der Waals surface area (Å²) >= 11 is 11.8. The smallest absolute Gasteiger partial charge is 0.308 e. The first-order chi connectivity index (χ1) is 8.00. The first kappa shape index (κ1) is 12.1. The number of carboxylic acid groups (broad SMARTS) is 1. The van der Waals surface area contributed by atoms with E-state index in [9.17, 15) is 9.59 Å². The van der Waals surface area contributed by atoms with E-state index in [4.69, 9.17) is 28.3 Å². The van der Waals surface area contributed by atoms with Crippen molar-refractivity contribution in [1.82, 2.24) is 4.98 Å². The number of hydrogen-bond acceptors (Lipinski definition) is 3. The van der Waals surface area contributed by atoms with Crippen molar-refractivity contribution in [2.24, 2.45) is 5.92 Å². The Morgan fingerprint density at radius 2 is 2.00 bits per heavy atom. The fourth-order valence-corrected chi connectivity index (χ4v) is 2.32. The lowest BCUT2D eigenvalue weighted by Crippen LogP contribution is -2.26. The molecule has 1 aromatic heterocycles. The van der Waals surface area contributed by atoms with Gasteiger partial charge >= 0.3 is 5.97 Å². The van der Waals surface area contributed by atoms with Gasteiger partial charge in [-0.15, -0.1) is 0 Å². The highest BCUT2D eigenvalue weighted by Gasteiger charge is 2.36. The monoisotopic (exact) mass is 274 g/mol. The maximum absolute atomic E-state index is 11.7. The fraction of sp³-hybridized carbons (Fsp3) is 0.300. The number of carbonyl (C=O) groups excluding carboxylic acids is 1. The number of pyridine rings is 1. The third-order valence-electron chi connectivity index (χ3n) is 2.57. The predicted molar refractivity (Wildman–Crippen MR) is 62.4 cm³/mol. The number of carboxylic acids is 1. The van der Waals surface area contributed by atoms with E-state index in [2.05, 4.69) is 4.98 Å². The summed E-state index contributed by atoms with van der Waals surface area (Å²) in [4.78, 5) is 27.6. The number of hydrogen-bond donors (Lipinski definition) is 1. The van der Waals surface area contributed by atoms with Crippen LogP contribution in [0.5, 0.6) is 0 Å². The minimum atomic E-state index is -0.998. The Morgan fingerprint density at radius 3 is 2.47 bits per heavy atom. The standard InChI is InChI=1S/C10H8Cl2N2O3/c11-6-2-13-3-7(12)9(6)14-4-5(10(16)17)1-8(14)15/h2-3,5H,1,4H2,(H,16,17). The lowest BCUT2D eigenvalue weighted by Gasteiger charge is -2.18. The minimum Gasteiger partial charge on any atom is -0.481 e. The SMILES string of the molecule is O=C(O)C1CC(=O)N(c2c(Cl)cncc2Cl)C1. The summed E-state index contributed by atoms with van der Waals surface area (Å²) in [7, 11) is 0. The molecule has 1 N–H and O–H groups in total. The topological polar surface area (TPSA) is 70.5 Å². The van der Waals surface area contributed by atoms with Gasteiger partial charge in [-0.2, -0.15) is 0 Å². The molecule has 90 valence electrons. The maximum atomic E-state index is 11.7. The van der Waals surface area contributed by atoms with E-state index in [0.717, 1.165) is 0 Å². The van der Waals surface area contributed by atoms with Crippen molar-refractivity contribution >= 4 is 40.8 Å². The van der Waals surface area contributed by atoms with Gasteiger partial charge in [-0.05, 0) is 0 Å². The van der Waals surface area contributed by atoms with E-state index in [0.29, 0.717) is 5.69 Å². The quantitative estimate of drug-likeness (QED) is 0.893. The zero-order chi connectivity index (χ0) is 12.6. The largest absolute Gasteiger partial charge is 0.481 e. The van der Waals surface area contributed by atoms with Crippen LogP contribution >= 0.6 is 23.2 Å². The summed E-state index contributed by atoms with van der Waals surface area (Å²) in [6.07, 6.45) is 2.69. The summed E-state index contributed by atoms with van der Waals surface area (Å²) in [5.74, 6) is -2.02. The molecule has 17 heavy (non-hydrogen) atoms. The van der Waals surface area contributed by atoms with E-state index in [1.54, 1.807) is 0 Å². The molecule has 1 aliphatic rings. The van der Waals surface area contributed by atoms with Gasteiger partial charge in [0, 0.05) is 25.4 Å². The molecule has 0 bridgehead atoms. The van der Waals surface area contributed by atoms with Crippen molar-refractivity contribution < 1.29 is 14.7 Å². The van der Waals surface area contributed by atoms with Gasteiger partial charge in [0.1, 0.15) is 0 Å². The van der Waals surface area contributed by atoms with Crippen molar-refractivity contribution in [2.45, 2.75) is 6.42 Å². The van der Waals surface area contributed by atoms with Crippen molar-refractivity contribution in [3.63, 3.8) is 0 Å². The summed E-state index contributed by atoms with van der Waals surface area (Å²) in [6.45, 7) is 0.0810. The molecule has 0 saturated carbocycles. The molecule has 0 radical (unpaired) electrons. The van der Waals surface area contributed by atoms with Crippen LogP contribution in [-0.4, -0.2) is 28.5 Å². The van der Waals surface area contributed by atoms with Crippen molar-refractivity contribution in [1.29, 1.82) is 0 Å². The highest BCUT2D eigenvalue weighted by Crippen LogP contribution is 2.36. The third kappa shape index (κ3) is 2.21. The third-order valence-corrected chi connectivity index (χ3v) is 3.13. The second kappa shape index (κ2) is 4.50. The molecule has 0 aromatic carbocycles. The van der Waals surface area contributed by atoms with Gasteiger partial charge in [-0.1, -0.05) is 23.2 Å². The van der Waals surface area contributed by atoms with Gasteiger partial charge < -0.3 is 10.0 Å². The average molecular weight is 275 g/mol. The van der Waals surface area contributed by atoms with Crippen LogP contribution in [0.2, 0.25) is 10.0 Å². The van der Waals surface area contributed by atoms with Crippen LogP contribution in [0.3, 0.4) is 0 Å². The molecule has 1 aliphatic heterocycles. The number of aromatic nitrogens is 1. The maximum Gasteiger partial charge on any atom is 0.308 e. The molecule has 0 aliphatic carbocycles. The number of nitrogens with zero attached hydrogens (tertiary/aromatic N) is 2. The summed E-state index contributed by atoms with van der Waals surface area (Å²) < 4.78 is 0. The Morgan fingerprint density at radius 1 is 1.41 bits per heavy atom. The highest BCUT2D eigenvalue weighted by atomic mass is 35.5. The first-order valence-corrected chi connectivity index (χ1v) is 5.58. The zero-order valence-corrected chi connectivity index (χ0v) is 10.1. The van der Waals surface area contributed by atoms with E-state index in [1.165, 1.54) is 17.3 Å². The molecular weight excluding hydrogens is 267 g/mol. The fourth-order valence-electron chi connectivity index (χ4n) is 1.75. The Balaban J connectivity index is 2.35. The van der Waals surface area contributed by atoms with Gasteiger partial charge in [0.2, 0.25) is 5.91 Å². The molecule has 2 heterocycles. The lowest BCUT2D eigenvalue weighted by atomic mass is 10.1. The zero-order valence-electron chi connectivity index (χ0n) is 8.56. The van der Waals surface area contributed by atoms with Crippen molar-refractivity contribution in [2.75, 3.05) is 11.4 Å². The first-order valence-electron chi connectivity index (χ1n) is 4.83. The van der Waals surface area contributed by atoms with Gasteiger partial charge in [0.15, 0.2) is 0 Å². The number of rotatable bonds is 2. The summed E-state index contributed by atoms with van der Waals surface area (Å²) in [5, 5.41) is 9.34. The Kier molecular flexibility index (Phi) is 3.22. The molecule has 1 saturated heterocycles. The molecule has 1 unspecified atom stereocenters. The molecule has 1 fully saturated rings. The molecule has 0 spiro atoms. The van der Waals surface area contributed by atoms with E-state index >= 15 is 0 Å². The second-order valence-electron chi connectivity index (χ2n) is 3.70. The molecule has 1 aromatic rings. The van der Waals surface area contributed by atoms with Crippen LogP contribution in [-0.2, 0) is 9.59 Å². The van der Waals surface area contributed by atoms with E-state index < -0.39 is 11.9 Å². The molecule has 5 nitrogen and oxygen atoms in total. The van der Waals surface area contributed by atoms with Crippen LogP contribution in [0.1, 0.15) is 6.42 Å². The Hall–Kier alpha value is -1.33. The lowest BCUT2D eigenvalue weighted by molar-refractivity contribution is -0.141. The summed E-state index contributed by atoms with van der Waals surface area (Å²) in [5.41, 5.74) is 0.331. The van der Waals surface area contributed by atoms with Crippen molar-refractivity contribution in [3.05, 3.63) is 22.4 Å². The number of anilines is 1. The molecule has 1 amide bonds. The second-order valence-corrected chi connectivity index (χ2v) is 4.51. The van der Waals surface area contributed by atoms with Crippen LogP contribution in [0, 0.1) is 5.92 Å². The number of carbonyl (C=O) groups is 2. The van der Waals surface area contributed by atoms with E-state index in [-0.39, 0.29) is 28.9 Å². The molecule has 1 atom stereocenters. The summed E-state index contributed by atoms with van der Waals surface area (Å²) in [6, 6.07) is 0. The molecule has 2 rings (SSSR count). The Labute approximate surface area is 107 Å². The highest BCUT2D eigenvalue weighted by molar-refractivity contribution is 6.39. The molecular formula is C10H8Cl2N2O3. The van der Waals surface area contributed by atoms with Crippen LogP contribution in [0.4, 0.5) is 5.69 Å². The minimum absolute atomic E-state index is 0.0374. The van der Waals surface area contributed by atoms with Crippen molar-refractivity contribution in [3.8, 4) is 0 Å². The predicted octanol–water partition coefficient (Wildman–Crippen LogP) is 1.83. The van der Waals surface area contributed by atoms with Gasteiger partial charge in [-0.25, -0.2) is 0 Å². The van der Waals surface area contributed by atoms with Gasteiger partial charge in [-0.3, -0.25) is 14.6 Å². The van der Waals surface area contributed by atoms with Gasteiger partial charge in [0.05, 0.1) is 21.7 Å². The number of halogens is 2. The van der Waals surface area contributed by atoms with Crippen LogP contribution in [0.15, 0.2) is 12.4 Å². The average Bonchev–Trinajstić information content (AvgIpc) is 2.61. The van der Waals surface area contributed by atoms with E-state index in [1.807, 2.05) is 0 Å². The molecule has 7 heteroatoms. The van der Waals surface area contributed by atoms with Crippen LogP contribution in [0.25, 0.3) is 0 Å².